The average molecular weight is 436 g/mol. The molecule has 8 nitrogen and oxygen atoms in total. The molecule has 0 radical (unpaired) electrons. The summed E-state index contributed by atoms with van der Waals surface area (Å²) < 4.78 is 1.61. The molecular formula is C22H25N6O2P. The molecule has 1 atom stereocenters. The van der Waals surface area contributed by atoms with E-state index in [0.29, 0.717) is 23.5 Å². The minimum absolute atomic E-state index is 0.212. The van der Waals surface area contributed by atoms with Gasteiger partial charge in [-0.05, 0) is 56.3 Å². The molecule has 3 rings (SSSR count). The first-order valence-corrected chi connectivity index (χ1v) is 10.3. The summed E-state index contributed by atoms with van der Waals surface area (Å²) in [5, 5.41) is 22.3. The van der Waals surface area contributed by atoms with Crippen LogP contribution < -0.4 is 4.90 Å². The molecule has 2 aromatic rings. The van der Waals surface area contributed by atoms with Crippen molar-refractivity contribution >= 4 is 32.6 Å². The molecule has 31 heavy (non-hydrogen) atoms. The van der Waals surface area contributed by atoms with Crippen molar-refractivity contribution < 1.29 is 9.59 Å². The SMILES string of the molecule is CC(=N)/C(Cn1cc(N2C(=O)N(Cc3cccc(C#N)c3)C(C)(C)C2=O)cn1)=C(/C)P. The van der Waals surface area contributed by atoms with Gasteiger partial charge < -0.3 is 10.3 Å². The Morgan fingerprint density at radius 1 is 1.29 bits per heavy atom. The number of allylic oxidation sites excluding steroid dienone is 2. The Labute approximate surface area is 183 Å². The van der Waals surface area contributed by atoms with E-state index in [1.54, 1.807) is 49.8 Å². The zero-order chi connectivity index (χ0) is 22.9. The Morgan fingerprint density at radius 3 is 2.61 bits per heavy atom. The maximum atomic E-state index is 13.2. The number of nitriles is 1. The molecule has 160 valence electrons. The first kappa shape index (κ1) is 22.4. The van der Waals surface area contributed by atoms with E-state index in [1.165, 1.54) is 11.1 Å². The third kappa shape index (κ3) is 4.28. The molecule has 0 bridgehead atoms. The van der Waals surface area contributed by atoms with Gasteiger partial charge in [-0.1, -0.05) is 12.1 Å². The normalized spacial score (nSPS) is 16.4. The first-order chi connectivity index (χ1) is 14.6. The van der Waals surface area contributed by atoms with E-state index < -0.39 is 11.6 Å². The van der Waals surface area contributed by atoms with Crippen molar-refractivity contribution in [3.05, 3.63) is 58.7 Å². The third-order valence-electron chi connectivity index (χ3n) is 5.35. The number of amides is 3. The maximum Gasteiger partial charge on any atom is 0.332 e. The van der Waals surface area contributed by atoms with Crippen molar-refractivity contribution in [3.8, 4) is 6.07 Å². The second kappa shape index (κ2) is 8.44. The molecule has 1 saturated heterocycles. The molecule has 1 fully saturated rings. The summed E-state index contributed by atoms with van der Waals surface area (Å²) in [5.74, 6) is -0.338. The van der Waals surface area contributed by atoms with E-state index in [-0.39, 0.29) is 12.5 Å². The predicted molar refractivity (Wildman–Crippen MR) is 122 cm³/mol. The van der Waals surface area contributed by atoms with Crippen molar-refractivity contribution in [1.29, 1.82) is 10.7 Å². The number of nitrogens with one attached hydrogen (secondary N) is 1. The zero-order valence-corrected chi connectivity index (χ0v) is 19.2. The molecule has 1 aromatic carbocycles. The number of carbonyl (C=O) groups is 2. The Kier molecular flexibility index (Phi) is 6.10. The fraction of sp³-hybridized carbons (Fsp3) is 0.318. The average Bonchev–Trinajstić information content (AvgIpc) is 3.23. The summed E-state index contributed by atoms with van der Waals surface area (Å²) in [6.45, 7) is 7.62. The van der Waals surface area contributed by atoms with Gasteiger partial charge in [0.2, 0.25) is 0 Å². The quantitative estimate of drug-likeness (QED) is 0.423. The lowest BCUT2D eigenvalue weighted by Gasteiger charge is -2.27. The van der Waals surface area contributed by atoms with Crippen molar-refractivity contribution in [2.45, 2.75) is 46.3 Å². The second-order valence-electron chi connectivity index (χ2n) is 8.06. The molecule has 1 unspecified atom stereocenters. The number of benzene rings is 1. The molecule has 1 aliphatic heterocycles. The highest BCUT2D eigenvalue weighted by Crippen LogP contribution is 2.33. The fourth-order valence-corrected chi connectivity index (χ4v) is 3.81. The highest BCUT2D eigenvalue weighted by atomic mass is 31.0. The minimum Gasteiger partial charge on any atom is -0.305 e. The number of imide groups is 1. The maximum absolute atomic E-state index is 13.2. The van der Waals surface area contributed by atoms with Crippen molar-refractivity contribution in [2.24, 2.45) is 0 Å². The van der Waals surface area contributed by atoms with E-state index in [9.17, 15) is 9.59 Å². The van der Waals surface area contributed by atoms with Crippen LogP contribution in [0.2, 0.25) is 0 Å². The Hall–Kier alpha value is -3.30. The van der Waals surface area contributed by atoms with Crippen LogP contribution in [0.1, 0.15) is 38.8 Å². The van der Waals surface area contributed by atoms with Crippen LogP contribution in [0.25, 0.3) is 0 Å². The number of anilines is 1. The second-order valence-corrected chi connectivity index (χ2v) is 8.93. The summed E-state index contributed by atoms with van der Waals surface area (Å²) in [6.07, 6.45) is 3.13. The Balaban J connectivity index is 1.88. The minimum atomic E-state index is -1.05. The van der Waals surface area contributed by atoms with Crippen LogP contribution in [0.4, 0.5) is 10.5 Å². The van der Waals surface area contributed by atoms with E-state index in [0.717, 1.165) is 21.4 Å². The Morgan fingerprint density at radius 2 is 2.00 bits per heavy atom. The number of hydrogen-bond donors (Lipinski definition) is 1. The van der Waals surface area contributed by atoms with Crippen LogP contribution in [0.15, 0.2) is 47.5 Å². The van der Waals surface area contributed by atoms with E-state index in [4.69, 9.17) is 10.7 Å². The molecule has 0 saturated carbocycles. The van der Waals surface area contributed by atoms with Gasteiger partial charge in [0.1, 0.15) is 5.54 Å². The van der Waals surface area contributed by atoms with Gasteiger partial charge in [0.05, 0.1) is 30.1 Å². The van der Waals surface area contributed by atoms with Crippen LogP contribution >= 0.6 is 9.24 Å². The smallest absolute Gasteiger partial charge is 0.305 e. The Bertz CT molecular complexity index is 1140. The van der Waals surface area contributed by atoms with Crippen LogP contribution in [-0.4, -0.2) is 37.9 Å². The lowest BCUT2D eigenvalue weighted by molar-refractivity contribution is -0.123. The third-order valence-corrected chi connectivity index (χ3v) is 5.70. The van der Waals surface area contributed by atoms with Crippen LogP contribution in [0.3, 0.4) is 0 Å². The van der Waals surface area contributed by atoms with Crippen molar-refractivity contribution in [2.75, 3.05) is 4.90 Å². The van der Waals surface area contributed by atoms with Gasteiger partial charge in [-0.15, -0.1) is 9.24 Å². The molecular weight excluding hydrogens is 411 g/mol. The number of rotatable bonds is 6. The molecule has 3 amide bonds. The summed E-state index contributed by atoms with van der Waals surface area (Å²) in [7, 11) is 2.59. The van der Waals surface area contributed by atoms with Crippen LogP contribution in [-0.2, 0) is 17.9 Å². The van der Waals surface area contributed by atoms with Crippen LogP contribution in [0, 0.1) is 16.7 Å². The lowest BCUT2D eigenvalue weighted by Crippen LogP contribution is -2.43. The molecule has 0 aliphatic carbocycles. The highest BCUT2D eigenvalue weighted by Gasteiger charge is 2.52. The summed E-state index contributed by atoms with van der Waals surface area (Å²) >= 11 is 0. The predicted octanol–water partition coefficient (Wildman–Crippen LogP) is 3.69. The molecule has 1 aromatic heterocycles. The molecule has 1 aliphatic rings. The van der Waals surface area contributed by atoms with Gasteiger partial charge in [0.25, 0.3) is 5.91 Å². The largest absolute Gasteiger partial charge is 0.332 e. The van der Waals surface area contributed by atoms with Gasteiger partial charge >= 0.3 is 6.03 Å². The fourth-order valence-electron chi connectivity index (χ4n) is 3.51. The number of aromatic nitrogens is 2. The van der Waals surface area contributed by atoms with Gasteiger partial charge in [0, 0.05) is 18.5 Å². The van der Waals surface area contributed by atoms with Gasteiger partial charge in [-0.3, -0.25) is 9.48 Å². The highest BCUT2D eigenvalue weighted by molar-refractivity contribution is 7.22. The topological polar surface area (TPSA) is 106 Å². The number of hydrogen-bond acceptors (Lipinski definition) is 5. The summed E-state index contributed by atoms with van der Waals surface area (Å²) in [5.41, 5.74) is 1.87. The first-order valence-electron chi connectivity index (χ1n) is 9.74. The van der Waals surface area contributed by atoms with Crippen molar-refractivity contribution in [1.82, 2.24) is 14.7 Å². The van der Waals surface area contributed by atoms with Gasteiger partial charge in [0.15, 0.2) is 0 Å². The van der Waals surface area contributed by atoms with Crippen molar-refractivity contribution in [3.63, 3.8) is 0 Å². The van der Waals surface area contributed by atoms with Crippen LogP contribution in [0.5, 0.6) is 0 Å². The molecule has 9 heteroatoms. The standard InChI is InChI=1S/C22H25N6O2P/c1-14(24)19(15(2)31)13-26-12-18(10-25-26)28-20(29)22(3,4)27(21(28)30)11-17-7-5-6-16(8-17)9-23/h5-8,10,12,24H,11,13,31H2,1-4H3/b19-15-,24-14?. The molecule has 2 heterocycles. The van der Waals surface area contributed by atoms with Gasteiger partial charge in [-0.2, -0.15) is 10.4 Å². The molecule has 0 spiro atoms. The van der Waals surface area contributed by atoms with Gasteiger partial charge in [-0.25, -0.2) is 9.69 Å². The van der Waals surface area contributed by atoms with E-state index in [2.05, 4.69) is 20.4 Å². The number of nitrogens with zero attached hydrogens (tertiary/aromatic N) is 5. The summed E-state index contributed by atoms with van der Waals surface area (Å²) in [4.78, 5) is 29.0. The number of urea groups is 1. The van der Waals surface area contributed by atoms with E-state index >= 15 is 0 Å². The summed E-state index contributed by atoms with van der Waals surface area (Å²) in [6, 6.07) is 8.66. The zero-order valence-electron chi connectivity index (χ0n) is 18.0. The number of carbonyl (C=O) groups excluding carboxylic acids is 2. The molecule has 1 N–H and O–H groups in total. The van der Waals surface area contributed by atoms with E-state index in [1.807, 2.05) is 13.0 Å². The monoisotopic (exact) mass is 436 g/mol. The lowest BCUT2D eigenvalue weighted by atomic mass is 10.0.